The Morgan fingerprint density at radius 3 is 2.93 bits per heavy atom. The maximum atomic E-state index is 13.1. The van der Waals surface area contributed by atoms with Crippen LogP contribution in [0.15, 0.2) is 23.8 Å². The van der Waals surface area contributed by atoms with Crippen LogP contribution in [0.1, 0.15) is 24.5 Å². The van der Waals surface area contributed by atoms with Gasteiger partial charge in [0.25, 0.3) is 0 Å². The molecule has 3 heteroatoms. The van der Waals surface area contributed by atoms with Crippen LogP contribution in [-0.2, 0) is 11.2 Å². The molecule has 78 valence electrons. The molecule has 0 unspecified atom stereocenters. The summed E-state index contributed by atoms with van der Waals surface area (Å²) < 4.78 is 13.2. The van der Waals surface area contributed by atoms with E-state index in [1.165, 1.54) is 17.7 Å². The summed E-state index contributed by atoms with van der Waals surface area (Å²) in [7, 11) is 0. The van der Waals surface area contributed by atoms with E-state index in [-0.39, 0.29) is 9.61 Å². The second-order valence-electron chi connectivity index (χ2n) is 3.77. The number of benzene rings is 1. The van der Waals surface area contributed by atoms with Crippen LogP contribution in [0.2, 0.25) is 0 Å². The Kier molecular flexibility index (Phi) is 2.91. The Labute approximate surface area is 102 Å². The molecule has 0 fully saturated rings. The largest absolute Gasteiger partial charge is 0.287 e. The predicted molar refractivity (Wildman–Crippen MR) is 66.3 cm³/mol. The molecule has 1 aliphatic carbocycles. The Bertz CT molecular complexity index is 463. The van der Waals surface area contributed by atoms with E-state index in [2.05, 4.69) is 0 Å². The SMILES string of the molecule is CC1=C(CC(=O)I)c2cc(F)ccc2C1. The number of hydrogen-bond donors (Lipinski definition) is 0. The van der Waals surface area contributed by atoms with Crippen LogP contribution >= 0.6 is 22.6 Å². The number of allylic oxidation sites excluding steroid dienone is 2. The molecule has 0 saturated heterocycles. The minimum Gasteiger partial charge on any atom is -0.287 e. The van der Waals surface area contributed by atoms with E-state index >= 15 is 0 Å². The van der Waals surface area contributed by atoms with Crippen molar-refractivity contribution in [3.8, 4) is 0 Å². The second-order valence-corrected chi connectivity index (χ2v) is 4.97. The summed E-state index contributed by atoms with van der Waals surface area (Å²) in [5.74, 6) is -0.234. The molecule has 0 bridgehead atoms. The minimum absolute atomic E-state index is 0.0964. The molecule has 0 aliphatic heterocycles. The number of fused-ring (bicyclic) bond motifs is 1. The Hall–Kier alpha value is -0.710. The fraction of sp³-hybridized carbons (Fsp3) is 0.250. The molecular formula is C12H10FIO. The van der Waals surface area contributed by atoms with Gasteiger partial charge >= 0.3 is 0 Å². The van der Waals surface area contributed by atoms with Gasteiger partial charge in [0.05, 0.1) is 0 Å². The molecule has 1 aromatic carbocycles. The highest BCUT2D eigenvalue weighted by molar-refractivity contribution is 14.1. The van der Waals surface area contributed by atoms with E-state index in [1.807, 2.05) is 6.92 Å². The van der Waals surface area contributed by atoms with Gasteiger partial charge in [-0.3, -0.25) is 4.79 Å². The molecule has 0 radical (unpaired) electrons. The van der Waals surface area contributed by atoms with Gasteiger partial charge in [0.1, 0.15) is 5.82 Å². The maximum absolute atomic E-state index is 13.1. The molecular weight excluding hydrogens is 306 g/mol. The lowest BCUT2D eigenvalue weighted by Gasteiger charge is -2.03. The second kappa shape index (κ2) is 4.04. The van der Waals surface area contributed by atoms with Gasteiger partial charge in [-0.2, -0.15) is 0 Å². The molecule has 2 rings (SSSR count). The van der Waals surface area contributed by atoms with Crippen LogP contribution in [0.25, 0.3) is 5.57 Å². The quantitative estimate of drug-likeness (QED) is 0.603. The summed E-state index contributed by atoms with van der Waals surface area (Å²) in [4.78, 5) is 11.1. The smallest absolute Gasteiger partial charge is 0.196 e. The third-order valence-electron chi connectivity index (χ3n) is 2.68. The first-order chi connectivity index (χ1) is 7.08. The van der Waals surface area contributed by atoms with Crippen molar-refractivity contribution in [1.82, 2.24) is 0 Å². The van der Waals surface area contributed by atoms with Gasteiger partial charge in [-0.15, -0.1) is 0 Å². The van der Waals surface area contributed by atoms with Crippen molar-refractivity contribution >= 4 is 32.0 Å². The summed E-state index contributed by atoms with van der Waals surface area (Å²) in [5, 5.41) is 0. The minimum atomic E-state index is -0.234. The Balaban J connectivity index is 2.45. The van der Waals surface area contributed by atoms with Crippen molar-refractivity contribution in [1.29, 1.82) is 0 Å². The monoisotopic (exact) mass is 316 g/mol. The van der Waals surface area contributed by atoms with E-state index < -0.39 is 0 Å². The van der Waals surface area contributed by atoms with Crippen LogP contribution in [-0.4, -0.2) is 3.79 Å². The predicted octanol–water partition coefficient (Wildman–Crippen LogP) is 3.51. The van der Waals surface area contributed by atoms with Gasteiger partial charge in [0.2, 0.25) is 0 Å². The summed E-state index contributed by atoms with van der Waals surface area (Å²) in [6.07, 6.45) is 1.25. The molecule has 0 aromatic heterocycles. The van der Waals surface area contributed by atoms with Crippen molar-refractivity contribution in [2.45, 2.75) is 19.8 Å². The lowest BCUT2D eigenvalue weighted by Crippen LogP contribution is -1.91. The molecule has 0 saturated carbocycles. The number of rotatable bonds is 2. The van der Waals surface area contributed by atoms with Gasteiger partial charge in [0, 0.05) is 6.42 Å². The number of carbonyl (C=O) groups is 1. The van der Waals surface area contributed by atoms with Gasteiger partial charge in [-0.05, 0) is 64.8 Å². The van der Waals surface area contributed by atoms with Crippen LogP contribution < -0.4 is 0 Å². The Morgan fingerprint density at radius 2 is 2.27 bits per heavy atom. The number of carbonyl (C=O) groups excluding carboxylic acids is 1. The van der Waals surface area contributed by atoms with Crippen molar-refractivity contribution in [3.63, 3.8) is 0 Å². The third kappa shape index (κ3) is 2.12. The van der Waals surface area contributed by atoms with E-state index in [0.717, 1.165) is 23.1 Å². The van der Waals surface area contributed by atoms with Gasteiger partial charge in [-0.25, -0.2) is 4.39 Å². The highest BCUT2D eigenvalue weighted by Crippen LogP contribution is 2.35. The highest BCUT2D eigenvalue weighted by Gasteiger charge is 2.20. The summed E-state index contributed by atoms with van der Waals surface area (Å²) >= 11 is 1.78. The summed E-state index contributed by atoms with van der Waals surface area (Å²) in [5.41, 5.74) is 4.23. The summed E-state index contributed by atoms with van der Waals surface area (Å²) in [6.45, 7) is 2.01. The molecule has 0 spiro atoms. The molecule has 1 aromatic rings. The zero-order valence-corrected chi connectivity index (χ0v) is 10.5. The first kappa shape index (κ1) is 10.8. The molecule has 15 heavy (non-hydrogen) atoms. The first-order valence-corrected chi connectivity index (χ1v) is 5.81. The van der Waals surface area contributed by atoms with Gasteiger partial charge < -0.3 is 0 Å². The average molecular weight is 316 g/mol. The van der Waals surface area contributed by atoms with E-state index in [9.17, 15) is 9.18 Å². The first-order valence-electron chi connectivity index (χ1n) is 4.73. The summed E-state index contributed by atoms with van der Waals surface area (Å²) in [6, 6.07) is 4.81. The molecule has 0 N–H and O–H groups in total. The van der Waals surface area contributed by atoms with Crippen molar-refractivity contribution in [2.75, 3.05) is 0 Å². The van der Waals surface area contributed by atoms with Crippen LogP contribution in [0.5, 0.6) is 0 Å². The van der Waals surface area contributed by atoms with Gasteiger partial charge in [-0.1, -0.05) is 11.6 Å². The van der Waals surface area contributed by atoms with E-state index in [1.54, 1.807) is 28.7 Å². The van der Waals surface area contributed by atoms with E-state index in [4.69, 9.17) is 0 Å². The number of hydrogen-bond acceptors (Lipinski definition) is 1. The molecule has 1 aliphatic rings. The van der Waals surface area contributed by atoms with Crippen molar-refractivity contribution in [3.05, 3.63) is 40.7 Å². The third-order valence-corrected chi connectivity index (χ3v) is 3.06. The standard InChI is InChI=1S/C12H10FIO/c1-7-4-8-2-3-9(13)5-11(8)10(7)6-12(14)15/h2-3,5H,4,6H2,1H3. The van der Waals surface area contributed by atoms with Gasteiger partial charge in [0.15, 0.2) is 3.79 Å². The fourth-order valence-electron chi connectivity index (χ4n) is 1.99. The topological polar surface area (TPSA) is 17.1 Å². The molecule has 1 nitrogen and oxygen atoms in total. The molecule has 0 amide bonds. The lowest BCUT2D eigenvalue weighted by atomic mass is 10.0. The normalized spacial score (nSPS) is 14.3. The van der Waals surface area contributed by atoms with Crippen LogP contribution in [0.3, 0.4) is 0 Å². The zero-order valence-electron chi connectivity index (χ0n) is 8.31. The number of halogens is 2. The average Bonchev–Trinajstić information content (AvgIpc) is 2.43. The Morgan fingerprint density at radius 1 is 1.53 bits per heavy atom. The molecule has 0 atom stereocenters. The molecule has 0 heterocycles. The fourth-order valence-corrected chi connectivity index (χ4v) is 2.37. The lowest BCUT2D eigenvalue weighted by molar-refractivity contribution is -0.108. The maximum Gasteiger partial charge on any atom is 0.196 e. The highest BCUT2D eigenvalue weighted by atomic mass is 127. The van der Waals surface area contributed by atoms with E-state index in [0.29, 0.717) is 6.42 Å². The van der Waals surface area contributed by atoms with Crippen LogP contribution in [0, 0.1) is 5.82 Å². The van der Waals surface area contributed by atoms with Crippen LogP contribution in [0.4, 0.5) is 4.39 Å². The van der Waals surface area contributed by atoms with Crippen molar-refractivity contribution < 1.29 is 9.18 Å². The zero-order chi connectivity index (χ0) is 11.0. The van der Waals surface area contributed by atoms with Crippen molar-refractivity contribution in [2.24, 2.45) is 0 Å².